The highest BCUT2D eigenvalue weighted by Gasteiger charge is 2.28. The monoisotopic (exact) mass is 333 g/mol. The van der Waals surface area contributed by atoms with Crippen molar-refractivity contribution in [2.75, 3.05) is 13.2 Å². The number of ether oxygens (including phenoxy) is 2. The van der Waals surface area contributed by atoms with E-state index in [4.69, 9.17) is 9.47 Å². The Bertz CT molecular complexity index is 572. The van der Waals surface area contributed by atoms with Gasteiger partial charge in [0, 0.05) is 6.04 Å². The van der Waals surface area contributed by atoms with Gasteiger partial charge in [-0.05, 0) is 37.3 Å². The first-order valence-corrected chi connectivity index (χ1v) is 8.71. The van der Waals surface area contributed by atoms with Crippen LogP contribution in [-0.2, 0) is 9.53 Å². The number of hydrogen-bond donors (Lipinski definition) is 1. The Morgan fingerprint density at radius 3 is 2.71 bits per heavy atom. The van der Waals surface area contributed by atoms with Crippen LogP contribution in [0.2, 0.25) is 0 Å². The van der Waals surface area contributed by atoms with Crippen LogP contribution in [0, 0.1) is 11.8 Å². The largest absolute Gasteiger partial charge is 0.493 e. The Balaban J connectivity index is 1.86. The summed E-state index contributed by atoms with van der Waals surface area (Å²) in [5.41, 5.74) is 0.340. The smallest absolute Gasteiger partial charge is 0.342 e. The van der Waals surface area contributed by atoms with Crippen molar-refractivity contribution in [3.05, 3.63) is 29.8 Å². The van der Waals surface area contributed by atoms with Crippen LogP contribution in [0.25, 0.3) is 0 Å². The molecule has 1 N–H and O–H groups in total. The highest BCUT2D eigenvalue weighted by atomic mass is 16.5. The highest BCUT2D eigenvalue weighted by Crippen LogP contribution is 2.29. The Kier molecular flexibility index (Phi) is 6.64. The van der Waals surface area contributed by atoms with Crippen molar-refractivity contribution in [3.63, 3.8) is 0 Å². The molecule has 5 heteroatoms. The third kappa shape index (κ3) is 4.73. The van der Waals surface area contributed by atoms with Gasteiger partial charge in [0.1, 0.15) is 11.3 Å². The second-order valence-corrected chi connectivity index (χ2v) is 6.45. The Labute approximate surface area is 143 Å². The zero-order valence-electron chi connectivity index (χ0n) is 14.7. The summed E-state index contributed by atoms with van der Waals surface area (Å²) in [7, 11) is 0. The quantitative estimate of drug-likeness (QED) is 0.812. The van der Waals surface area contributed by atoms with Gasteiger partial charge in [-0.1, -0.05) is 38.8 Å². The Morgan fingerprint density at radius 2 is 1.96 bits per heavy atom. The average molecular weight is 333 g/mol. The van der Waals surface area contributed by atoms with Crippen molar-refractivity contribution in [2.45, 2.75) is 46.1 Å². The van der Waals surface area contributed by atoms with E-state index in [0.717, 1.165) is 12.8 Å². The van der Waals surface area contributed by atoms with E-state index in [1.807, 2.05) is 6.92 Å². The van der Waals surface area contributed by atoms with Gasteiger partial charge in [0.2, 0.25) is 0 Å². The minimum Gasteiger partial charge on any atom is -0.493 e. The second kappa shape index (κ2) is 8.71. The Morgan fingerprint density at radius 1 is 1.21 bits per heavy atom. The van der Waals surface area contributed by atoms with Gasteiger partial charge in [0.15, 0.2) is 6.61 Å². The van der Waals surface area contributed by atoms with Gasteiger partial charge in [0.25, 0.3) is 5.91 Å². The van der Waals surface area contributed by atoms with Crippen LogP contribution >= 0.6 is 0 Å². The van der Waals surface area contributed by atoms with Crippen molar-refractivity contribution < 1.29 is 19.1 Å². The minimum atomic E-state index is -0.542. The number of benzene rings is 1. The average Bonchev–Trinajstić information content (AvgIpc) is 2.58. The molecule has 0 aromatic heterocycles. The molecule has 1 aromatic rings. The first kappa shape index (κ1) is 18.3. The van der Waals surface area contributed by atoms with E-state index in [9.17, 15) is 9.59 Å². The SMILES string of the molecule is CCOc1ccccc1C(=O)OCC(=O)N[C@H]1CCC[C@@H](C)[C@@H]1C. The predicted octanol–water partition coefficient (Wildman–Crippen LogP) is 3.18. The van der Waals surface area contributed by atoms with Gasteiger partial charge in [-0.2, -0.15) is 0 Å². The first-order valence-electron chi connectivity index (χ1n) is 8.71. The molecule has 0 aliphatic heterocycles. The summed E-state index contributed by atoms with van der Waals surface area (Å²) in [5.74, 6) is 0.726. The third-order valence-corrected chi connectivity index (χ3v) is 4.79. The van der Waals surface area contributed by atoms with E-state index >= 15 is 0 Å². The summed E-state index contributed by atoms with van der Waals surface area (Å²) in [6, 6.07) is 7.04. The minimum absolute atomic E-state index is 0.163. The zero-order valence-corrected chi connectivity index (χ0v) is 14.7. The van der Waals surface area contributed by atoms with Gasteiger partial charge in [0.05, 0.1) is 6.61 Å². The third-order valence-electron chi connectivity index (χ3n) is 4.79. The van der Waals surface area contributed by atoms with Crippen LogP contribution in [0.3, 0.4) is 0 Å². The molecule has 1 amide bonds. The number of rotatable bonds is 6. The van der Waals surface area contributed by atoms with Gasteiger partial charge < -0.3 is 14.8 Å². The molecule has 5 nitrogen and oxygen atoms in total. The maximum absolute atomic E-state index is 12.2. The predicted molar refractivity (Wildman–Crippen MR) is 92.0 cm³/mol. The van der Waals surface area contributed by atoms with E-state index < -0.39 is 5.97 Å². The van der Waals surface area contributed by atoms with Crippen LogP contribution < -0.4 is 10.1 Å². The number of hydrogen-bond acceptors (Lipinski definition) is 4. The van der Waals surface area contributed by atoms with Crippen LogP contribution in [-0.4, -0.2) is 31.1 Å². The lowest BCUT2D eigenvalue weighted by molar-refractivity contribution is -0.125. The standard InChI is InChI=1S/C19H27NO4/c1-4-23-17-11-6-5-9-15(17)19(22)24-12-18(21)20-16-10-7-8-13(2)14(16)3/h5-6,9,11,13-14,16H,4,7-8,10,12H2,1-3H3,(H,20,21)/t13-,14+,16+/m1/s1. The molecule has 1 saturated carbocycles. The zero-order chi connectivity index (χ0) is 17.5. The first-order chi connectivity index (χ1) is 11.5. The molecule has 0 unspecified atom stereocenters. The molecule has 0 heterocycles. The molecule has 2 rings (SSSR count). The maximum Gasteiger partial charge on any atom is 0.342 e. The summed E-state index contributed by atoms with van der Waals surface area (Å²) in [5, 5.41) is 3.00. The topological polar surface area (TPSA) is 64.6 Å². The summed E-state index contributed by atoms with van der Waals surface area (Å²) in [4.78, 5) is 24.3. The molecule has 132 valence electrons. The maximum atomic E-state index is 12.2. The molecular weight excluding hydrogens is 306 g/mol. The molecule has 0 bridgehead atoms. The lowest BCUT2D eigenvalue weighted by Gasteiger charge is -2.34. The number of amides is 1. The fourth-order valence-corrected chi connectivity index (χ4v) is 3.16. The van der Waals surface area contributed by atoms with Crippen molar-refractivity contribution in [2.24, 2.45) is 11.8 Å². The normalized spacial score (nSPS) is 23.4. The van der Waals surface area contributed by atoms with Crippen molar-refractivity contribution >= 4 is 11.9 Å². The summed E-state index contributed by atoms with van der Waals surface area (Å²) < 4.78 is 10.6. The molecule has 0 radical (unpaired) electrons. The molecule has 3 atom stereocenters. The van der Waals surface area contributed by atoms with Gasteiger partial charge in [-0.25, -0.2) is 4.79 Å². The second-order valence-electron chi connectivity index (χ2n) is 6.45. The fourth-order valence-electron chi connectivity index (χ4n) is 3.16. The van der Waals surface area contributed by atoms with Gasteiger partial charge >= 0.3 is 5.97 Å². The lowest BCUT2D eigenvalue weighted by Crippen LogP contribution is -2.45. The number of nitrogens with one attached hydrogen (secondary N) is 1. The van der Waals surface area contributed by atoms with Crippen LogP contribution in [0.4, 0.5) is 0 Å². The van der Waals surface area contributed by atoms with E-state index in [0.29, 0.717) is 29.8 Å². The molecule has 0 saturated heterocycles. The van der Waals surface area contributed by atoms with Crippen molar-refractivity contribution in [1.82, 2.24) is 5.32 Å². The molecule has 1 fully saturated rings. The van der Waals surface area contributed by atoms with Crippen molar-refractivity contribution in [3.8, 4) is 5.75 Å². The fraction of sp³-hybridized carbons (Fsp3) is 0.579. The van der Waals surface area contributed by atoms with Gasteiger partial charge in [-0.15, -0.1) is 0 Å². The van der Waals surface area contributed by atoms with E-state index in [1.165, 1.54) is 6.42 Å². The molecule has 1 aromatic carbocycles. The molecular formula is C19H27NO4. The van der Waals surface area contributed by atoms with E-state index in [1.54, 1.807) is 24.3 Å². The van der Waals surface area contributed by atoms with E-state index in [-0.39, 0.29) is 18.6 Å². The van der Waals surface area contributed by atoms with Crippen LogP contribution in [0.15, 0.2) is 24.3 Å². The summed E-state index contributed by atoms with van der Waals surface area (Å²) in [6.07, 6.45) is 3.31. The van der Waals surface area contributed by atoms with Crippen molar-refractivity contribution in [1.29, 1.82) is 0 Å². The molecule has 24 heavy (non-hydrogen) atoms. The summed E-state index contributed by atoms with van der Waals surface area (Å²) >= 11 is 0. The van der Waals surface area contributed by atoms with Crippen LogP contribution in [0.1, 0.15) is 50.4 Å². The highest BCUT2D eigenvalue weighted by molar-refractivity contribution is 5.94. The Hall–Kier alpha value is -2.04. The summed E-state index contributed by atoms with van der Waals surface area (Å²) in [6.45, 7) is 6.42. The van der Waals surface area contributed by atoms with E-state index in [2.05, 4.69) is 19.2 Å². The number of carbonyl (C=O) groups is 2. The molecule has 1 aliphatic carbocycles. The molecule has 0 spiro atoms. The number of carbonyl (C=O) groups excluding carboxylic acids is 2. The number of para-hydroxylation sites is 1. The van der Waals surface area contributed by atoms with Crippen LogP contribution in [0.5, 0.6) is 5.75 Å². The number of esters is 1. The van der Waals surface area contributed by atoms with Gasteiger partial charge in [-0.3, -0.25) is 4.79 Å². The molecule has 1 aliphatic rings. The lowest BCUT2D eigenvalue weighted by atomic mass is 9.78.